The number of hydrogen-bond acceptors (Lipinski definition) is 5. The highest BCUT2D eigenvalue weighted by atomic mass is 79.9. The molecule has 0 aliphatic carbocycles. The van der Waals surface area contributed by atoms with Gasteiger partial charge < -0.3 is 14.6 Å². The molecule has 0 bridgehead atoms. The second kappa shape index (κ2) is 7.78. The number of furan rings is 1. The first kappa shape index (κ1) is 17.7. The first-order chi connectivity index (χ1) is 11.4. The molecule has 2 rings (SSSR count). The maximum absolute atomic E-state index is 12.1. The van der Waals surface area contributed by atoms with Crippen LogP contribution in [0.25, 0.3) is 0 Å². The molecular weight excluding hydrogens is 376 g/mol. The van der Waals surface area contributed by atoms with Gasteiger partial charge in [-0.2, -0.15) is 5.10 Å². The maximum atomic E-state index is 12.1. The molecule has 1 aromatic heterocycles. The van der Waals surface area contributed by atoms with Gasteiger partial charge in [-0.1, -0.05) is 6.07 Å². The van der Waals surface area contributed by atoms with Crippen LogP contribution in [0.4, 0.5) is 11.6 Å². The van der Waals surface area contributed by atoms with Crippen molar-refractivity contribution >= 4 is 45.5 Å². The molecule has 1 aromatic carbocycles. The zero-order valence-corrected chi connectivity index (χ0v) is 15.0. The van der Waals surface area contributed by atoms with Crippen LogP contribution in [-0.4, -0.2) is 32.1 Å². The van der Waals surface area contributed by atoms with E-state index in [9.17, 15) is 9.59 Å². The highest BCUT2D eigenvalue weighted by molar-refractivity contribution is 9.10. The summed E-state index contributed by atoms with van der Waals surface area (Å²) in [5.74, 6) is 0.561. The number of nitrogens with zero attached hydrogens (tertiary/aromatic N) is 2. The Morgan fingerprint density at radius 3 is 2.67 bits per heavy atom. The molecule has 0 saturated carbocycles. The summed E-state index contributed by atoms with van der Waals surface area (Å²) in [5.41, 5.74) is 3.34. The smallest absolute Gasteiger partial charge is 0.271 e. The molecular formula is C16H17BrN4O3. The Balaban J connectivity index is 2.02. The van der Waals surface area contributed by atoms with Crippen molar-refractivity contribution in [1.82, 2.24) is 5.43 Å². The highest BCUT2D eigenvalue weighted by Crippen LogP contribution is 2.27. The quantitative estimate of drug-likeness (QED) is 0.604. The molecule has 2 aromatic rings. The molecule has 24 heavy (non-hydrogen) atoms. The van der Waals surface area contributed by atoms with Crippen LogP contribution < -0.4 is 15.6 Å². The van der Waals surface area contributed by atoms with Crippen molar-refractivity contribution in [1.29, 1.82) is 0 Å². The lowest BCUT2D eigenvalue weighted by Gasteiger charge is -2.07. The number of hydrazone groups is 1. The molecule has 0 unspecified atom stereocenters. The molecule has 0 spiro atoms. The maximum Gasteiger partial charge on any atom is 0.271 e. The van der Waals surface area contributed by atoms with Crippen molar-refractivity contribution in [3.63, 3.8) is 0 Å². The third kappa shape index (κ3) is 4.69. The summed E-state index contributed by atoms with van der Waals surface area (Å²) in [6.07, 6.45) is 1.41. The van der Waals surface area contributed by atoms with E-state index in [-0.39, 0.29) is 5.91 Å². The molecule has 2 N–H and O–H groups in total. The number of rotatable bonds is 5. The Labute approximate surface area is 147 Å². The van der Waals surface area contributed by atoms with Gasteiger partial charge in [0.1, 0.15) is 0 Å². The van der Waals surface area contributed by atoms with E-state index in [1.807, 2.05) is 19.0 Å². The van der Waals surface area contributed by atoms with Gasteiger partial charge >= 0.3 is 0 Å². The fourth-order valence-electron chi connectivity index (χ4n) is 1.91. The Morgan fingerprint density at radius 1 is 1.29 bits per heavy atom. The summed E-state index contributed by atoms with van der Waals surface area (Å²) < 4.78 is 6.35. The van der Waals surface area contributed by atoms with Crippen LogP contribution in [0.5, 0.6) is 0 Å². The summed E-state index contributed by atoms with van der Waals surface area (Å²) in [6, 6.07) is 8.33. The Bertz CT molecular complexity index is 783. The van der Waals surface area contributed by atoms with Crippen LogP contribution in [0.3, 0.4) is 0 Å². The van der Waals surface area contributed by atoms with Crippen molar-refractivity contribution in [3.8, 4) is 0 Å². The molecule has 0 radical (unpaired) electrons. The average Bonchev–Trinajstić information content (AvgIpc) is 2.88. The van der Waals surface area contributed by atoms with E-state index in [4.69, 9.17) is 4.42 Å². The molecule has 0 aliphatic heterocycles. The Morgan fingerprint density at radius 2 is 2.04 bits per heavy atom. The van der Waals surface area contributed by atoms with Crippen LogP contribution in [-0.2, 0) is 4.79 Å². The van der Waals surface area contributed by atoms with Gasteiger partial charge in [0.2, 0.25) is 11.8 Å². The minimum atomic E-state index is -0.392. The second-order valence-corrected chi connectivity index (χ2v) is 6.01. The third-order valence-corrected chi connectivity index (χ3v) is 3.47. The van der Waals surface area contributed by atoms with Crippen molar-refractivity contribution < 1.29 is 14.0 Å². The molecule has 1 heterocycles. The van der Waals surface area contributed by atoms with Crippen molar-refractivity contribution in [2.45, 2.75) is 6.92 Å². The SMILES string of the molecule is CC(=O)Nc1cccc(C(=O)NN=Cc2cc(Br)c(N(C)C)o2)c1. The van der Waals surface area contributed by atoms with Crippen molar-refractivity contribution in [2.24, 2.45) is 5.10 Å². The van der Waals surface area contributed by atoms with Gasteiger partial charge in [0.15, 0.2) is 5.76 Å². The molecule has 8 heteroatoms. The number of hydrogen-bond donors (Lipinski definition) is 2. The minimum absolute atomic E-state index is 0.203. The van der Waals surface area contributed by atoms with E-state index in [0.717, 1.165) is 4.47 Å². The van der Waals surface area contributed by atoms with Crippen molar-refractivity contribution in [2.75, 3.05) is 24.3 Å². The molecule has 0 saturated heterocycles. The molecule has 0 atom stereocenters. The standard InChI is InChI=1S/C16H17BrN4O3/c1-10(22)19-12-6-4-5-11(7-12)15(23)20-18-9-13-8-14(17)16(24-13)21(2)3/h4-9H,1-3H3,(H,19,22)(H,20,23). The van der Waals surface area contributed by atoms with Gasteiger partial charge in [0.25, 0.3) is 5.91 Å². The first-order valence-corrected chi connectivity index (χ1v) is 7.84. The van der Waals surface area contributed by atoms with Crippen LogP contribution in [0.15, 0.2) is 44.3 Å². The van der Waals surface area contributed by atoms with Gasteiger partial charge in [-0.15, -0.1) is 0 Å². The number of benzene rings is 1. The zero-order valence-electron chi connectivity index (χ0n) is 13.5. The van der Waals surface area contributed by atoms with Crippen LogP contribution in [0, 0.1) is 0 Å². The van der Waals surface area contributed by atoms with Gasteiger partial charge in [0, 0.05) is 38.3 Å². The fraction of sp³-hybridized carbons (Fsp3) is 0.188. The number of halogens is 1. The van der Waals surface area contributed by atoms with E-state index in [0.29, 0.717) is 22.9 Å². The van der Waals surface area contributed by atoms with Gasteiger partial charge in [0.05, 0.1) is 10.7 Å². The number of nitrogens with one attached hydrogen (secondary N) is 2. The number of carbonyl (C=O) groups excluding carboxylic acids is 2. The summed E-state index contributed by atoms with van der Waals surface area (Å²) in [5, 5.41) is 6.50. The summed E-state index contributed by atoms with van der Waals surface area (Å²) in [6.45, 7) is 1.40. The second-order valence-electron chi connectivity index (χ2n) is 5.16. The monoisotopic (exact) mass is 392 g/mol. The lowest BCUT2D eigenvalue weighted by molar-refractivity contribution is -0.114. The van der Waals surface area contributed by atoms with Gasteiger partial charge in [-0.3, -0.25) is 9.59 Å². The van der Waals surface area contributed by atoms with E-state index >= 15 is 0 Å². The summed E-state index contributed by atoms with van der Waals surface area (Å²) in [4.78, 5) is 24.9. The van der Waals surface area contributed by atoms with E-state index in [1.165, 1.54) is 13.1 Å². The third-order valence-electron chi connectivity index (χ3n) is 2.90. The van der Waals surface area contributed by atoms with Crippen LogP contribution in [0.2, 0.25) is 0 Å². The average molecular weight is 393 g/mol. The van der Waals surface area contributed by atoms with Crippen LogP contribution in [0.1, 0.15) is 23.0 Å². The fourth-order valence-corrected chi connectivity index (χ4v) is 2.57. The molecule has 7 nitrogen and oxygen atoms in total. The predicted octanol–water partition coefficient (Wildman–Crippen LogP) is 2.83. The molecule has 0 fully saturated rings. The normalized spacial score (nSPS) is 10.7. The number of carbonyl (C=O) groups is 2. The van der Waals surface area contributed by atoms with Gasteiger partial charge in [-0.25, -0.2) is 5.43 Å². The zero-order chi connectivity index (χ0) is 17.7. The first-order valence-electron chi connectivity index (χ1n) is 7.04. The van der Waals surface area contributed by atoms with E-state index in [2.05, 4.69) is 31.8 Å². The topological polar surface area (TPSA) is 86.9 Å². The Kier molecular flexibility index (Phi) is 5.75. The number of anilines is 2. The molecule has 126 valence electrons. The summed E-state index contributed by atoms with van der Waals surface area (Å²) in [7, 11) is 3.71. The van der Waals surface area contributed by atoms with Crippen LogP contribution >= 0.6 is 15.9 Å². The molecule has 0 aliphatic rings. The number of amides is 2. The van der Waals surface area contributed by atoms with E-state index in [1.54, 1.807) is 30.3 Å². The van der Waals surface area contributed by atoms with Crippen molar-refractivity contribution in [3.05, 3.63) is 46.1 Å². The van der Waals surface area contributed by atoms with Gasteiger partial charge in [-0.05, 0) is 34.1 Å². The summed E-state index contributed by atoms with van der Waals surface area (Å²) >= 11 is 3.38. The minimum Gasteiger partial charge on any atom is -0.438 e. The van der Waals surface area contributed by atoms with E-state index < -0.39 is 5.91 Å². The lowest BCUT2D eigenvalue weighted by Crippen LogP contribution is -2.18. The lowest BCUT2D eigenvalue weighted by atomic mass is 10.2. The molecule has 2 amide bonds. The Hall–Kier alpha value is -2.61. The predicted molar refractivity (Wildman–Crippen MR) is 96.5 cm³/mol. The highest BCUT2D eigenvalue weighted by Gasteiger charge is 2.09. The largest absolute Gasteiger partial charge is 0.438 e.